The molecule has 4 nitrogen and oxygen atoms in total. The zero-order chi connectivity index (χ0) is 16.4. The van der Waals surface area contributed by atoms with Crippen LogP contribution in [0.1, 0.15) is 17.5 Å². The highest BCUT2D eigenvalue weighted by molar-refractivity contribution is 6.30. The summed E-state index contributed by atoms with van der Waals surface area (Å²) in [5.41, 5.74) is 2.22. The van der Waals surface area contributed by atoms with E-state index in [1.165, 1.54) is 17.1 Å². The molecular formula is C17H14ClFN2O2. The number of hydrogen-bond donors (Lipinski definition) is 1. The summed E-state index contributed by atoms with van der Waals surface area (Å²) in [7, 11) is 0. The topological polar surface area (TPSA) is 52.9 Å². The van der Waals surface area contributed by atoms with E-state index >= 15 is 0 Å². The monoisotopic (exact) mass is 332 g/mol. The lowest BCUT2D eigenvalue weighted by Crippen LogP contribution is -2.25. The summed E-state index contributed by atoms with van der Waals surface area (Å²) < 4.78 is 13.4. The SMILES string of the molecule is O=C(Cc1ccc(Cl)c(F)c1)N1CCC(c2ccc(O)cc2)=N1. The molecule has 1 amide bonds. The molecule has 1 N–H and O–H groups in total. The van der Waals surface area contributed by atoms with Gasteiger partial charge in [0.25, 0.3) is 0 Å². The van der Waals surface area contributed by atoms with Crippen molar-refractivity contribution >= 4 is 23.2 Å². The van der Waals surface area contributed by atoms with Gasteiger partial charge in [0, 0.05) is 6.42 Å². The van der Waals surface area contributed by atoms with E-state index < -0.39 is 5.82 Å². The maximum absolute atomic E-state index is 13.4. The maximum atomic E-state index is 13.4. The first-order valence-electron chi connectivity index (χ1n) is 7.14. The van der Waals surface area contributed by atoms with Crippen LogP contribution in [0, 0.1) is 5.82 Å². The predicted molar refractivity (Wildman–Crippen MR) is 86.1 cm³/mol. The Kier molecular flexibility index (Phi) is 4.30. The van der Waals surface area contributed by atoms with Gasteiger partial charge in [-0.15, -0.1) is 0 Å². The molecular weight excluding hydrogens is 319 g/mol. The molecule has 1 aliphatic heterocycles. The second-order valence-corrected chi connectivity index (χ2v) is 5.69. The Hall–Kier alpha value is -2.40. The molecule has 1 heterocycles. The predicted octanol–water partition coefficient (Wildman–Crippen LogP) is 3.36. The number of halogens is 2. The van der Waals surface area contributed by atoms with Gasteiger partial charge in [-0.2, -0.15) is 5.10 Å². The number of hydrazone groups is 1. The number of carbonyl (C=O) groups excluding carboxylic acids is 1. The average Bonchev–Trinajstić information content (AvgIpc) is 3.02. The molecule has 6 heteroatoms. The van der Waals surface area contributed by atoms with E-state index in [0.717, 1.165) is 11.3 Å². The Labute approximate surface area is 137 Å². The third-order valence-electron chi connectivity index (χ3n) is 3.63. The first kappa shape index (κ1) is 15.5. The Morgan fingerprint density at radius 1 is 1.26 bits per heavy atom. The van der Waals surface area contributed by atoms with Crippen LogP contribution < -0.4 is 0 Å². The summed E-state index contributed by atoms with van der Waals surface area (Å²) in [6.45, 7) is 0.491. The molecule has 0 aliphatic carbocycles. The van der Waals surface area contributed by atoms with Gasteiger partial charge < -0.3 is 5.11 Å². The molecule has 0 spiro atoms. The fraction of sp³-hybridized carbons (Fsp3) is 0.176. The van der Waals surface area contributed by atoms with Crippen LogP contribution in [0.4, 0.5) is 4.39 Å². The van der Waals surface area contributed by atoms with Gasteiger partial charge in [-0.25, -0.2) is 9.40 Å². The lowest BCUT2D eigenvalue weighted by Gasteiger charge is -2.11. The minimum absolute atomic E-state index is 0.0370. The average molecular weight is 333 g/mol. The van der Waals surface area contributed by atoms with E-state index in [4.69, 9.17) is 11.6 Å². The van der Waals surface area contributed by atoms with Crippen molar-refractivity contribution in [1.29, 1.82) is 0 Å². The highest BCUT2D eigenvalue weighted by Crippen LogP contribution is 2.19. The second-order valence-electron chi connectivity index (χ2n) is 5.29. The van der Waals surface area contributed by atoms with Gasteiger partial charge in [0.1, 0.15) is 11.6 Å². The highest BCUT2D eigenvalue weighted by Gasteiger charge is 2.21. The van der Waals surface area contributed by atoms with Gasteiger partial charge in [0.2, 0.25) is 5.91 Å². The Bertz CT molecular complexity index is 775. The normalized spacial score (nSPS) is 14.0. The molecule has 0 saturated carbocycles. The van der Waals surface area contributed by atoms with Gasteiger partial charge >= 0.3 is 0 Å². The van der Waals surface area contributed by atoms with Gasteiger partial charge in [0.15, 0.2) is 0 Å². The zero-order valence-electron chi connectivity index (χ0n) is 12.2. The van der Waals surface area contributed by atoms with Gasteiger partial charge in [-0.1, -0.05) is 17.7 Å². The first-order chi connectivity index (χ1) is 11.0. The Balaban J connectivity index is 1.71. The number of nitrogens with zero attached hydrogens (tertiary/aromatic N) is 2. The third-order valence-corrected chi connectivity index (χ3v) is 3.94. The van der Waals surface area contributed by atoms with Crippen LogP contribution in [0.15, 0.2) is 47.6 Å². The van der Waals surface area contributed by atoms with E-state index in [1.54, 1.807) is 30.3 Å². The van der Waals surface area contributed by atoms with E-state index in [2.05, 4.69) is 5.10 Å². The van der Waals surface area contributed by atoms with Crippen molar-refractivity contribution in [3.63, 3.8) is 0 Å². The van der Waals surface area contributed by atoms with Crippen molar-refractivity contribution in [3.8, 4) is 5.75 Å². The Morgan fingerprint density at radius 2 is 2.00 bits per heavy atom. The standard InChI is InChI=1S/C17H14ClFN2O2/c18-14-6-1-11(9-15(14)19)10-17(23)21-8-7-16(20-21)12-2-4-13(22)5-3-12/h1-6,9,22H,7-8,10H2. The number of rotatable bonds is 3. The molecule has 118 valence electrons. The summed E-state index contributed by atoms with van der Waals surface area (Å²) in [6, 6.07) is 11.0. The van der Waals surface area contributed by atoms with Crippen LogP contribution in [-0.4, -0.2) is 28.3 Å². The molecule has 0 unspecified atom stereocenters. The number of aromatic hydroxyl groups is 1. The fourth-order valence-electron chi connectivity index (χ4n) is 2.41. The molecule has 3 rings (SSSR count). The highest BCUT2D eigenvalue weighted by atomic mass is 35.5. The molecule has 1 aliphatic rings. The molecule has 0 atom stereocenters. The molecule has 0 radical (unpaired) electrons. The van der Waals surface area contributed by atoms with Gasteiger partial charge in [0.05, 0.1) is 23.7 Å². The summed E-state index contributed by atoms with van der Waals surface area (Å²) in [4.78, 5) is 12.3. The number of benzene rings is 2. The zero-order valence-corrected chi connectivity index (χ0v) is 12.9. The van der Waals surface area contributed by atoms with Crippen molar-refractivity contribution < 1.29 is 14.3 Å². The number of hydrogen-bond acceptors (Lipinski definition) is 3. The number of phenolic OH excluding ortho intramolecular Hbond substituents is 1. The van der Waals surface area contributed by atoms with Crippen LogP contribution >= 0.6 is 11.6 Å². The summed E-state index contributed by atoms with van der Waals surface area (Å²) in [5.74, 6) is -0.544. The molecule has 23 heavy (non-hydrogen) atoms. The van der Waals surface area contributed by atoms with Crippen LogP contribution in [0.25, 0.3) is 0 Å². The molecule has 2 aromatic carbocycles. The van der Waals surface area contributed by atoms with E-state index in [9.17, 15) is 14.3 Å². The van der Waals surface area contributed by atoms with Crippen LogP contribution in [0.2, 0.25) is 5.02 Å². The summed E-state index contributed by atoms with van der Waals surface area (Å²) in [5, 5.41) is 15.1. The minimum atomic E-state index is -0.535. The summed E-state index contributed by atoms with van der Waals surface area (Å²) >= 11 is 5.63. The molecule has 0 fully saturated rings. The lowest BCUT2D eigenvalue weighted by molar-refractivity contribution is -0.130. The van der Waals surface area contributed by atoms with Crippen molar-refractivity contribution in [2.45, 2.75) is 12.8 Å². The fourth-order valence-corrected chi connectivity index (χ4v) is 2.53. The van der Waals surface area contributed by atoms with Crippen molar-refractivity contribution in [1.82, 2.24) is 5.01 Å². The number of amides is 1. The quantitative estimate of drug-likeness (QED) is 0.937. The lowest BCUT2D eigenvalue weighted by atomic mass is 10.1. The van der Waals surface area contributed by atoms with E-state index in [0.29, 0.717) is 18.5 Å². The van der Waals surface area contributed by atoms with E-state index in [1.807, 2.05) is 0 Å². The number of carbonyl (C=O) groups is 1. The van der Waals surface area contributed by atoms with Crippen LogP contribution in [0.3, 0.4) is 0 Å². The largest absolute Gasteiger partial charge is 0.508 e. The third kappa shape index (κ3) is 3.51. The smallest absolute Gasteiger partial charge is 0.247 e. The van der Waals surface area contributed by atoms with Crippen molar-refractivity contribution in [2.24, 2.45) is 5.10 Å². The molecule has 0 saturated heterocycles. The van der Waals surface area contributed by atoms with Gasteiger partial charge in [-0.05, 0) is 47.5 Å². The van der Waals surface area contributed by atoms with Crippen LogP contribution in [-0.2, 0) is 11.2 Å². The Morgan fingerprint density at radius 3 is 2.70 bits per heavy atom. The second kappa shape index (κ2) is 6.38. The van der Waals surface area contributed by atoms with Crippen LogP contribution in [0.5, 0.6) is 5.75 Å². The maximum Gasteiger partial charge on any atom is 0.247 e. The first-order valence-corrected chi connectivity index (χ1v) is 7.52. The molecule has 2 aromatic rings. The van der Waals surface area contributed by atoms with Crippen molar-refractivity contribution in [3.05, 3.63) is 64.4 Å². The summed E-state index contributed by atoms with van der Waals surface area (Å²) in [6.07, 6.45) is 0.714. The van der Waals surface area contributed by atoms with E-state index in [-0.39, 0.29) is 23.1 Å². The minimum Gasteiger partial charge on any atom is -0.508 e. The molecule has 0 aromatic heterocycles. The van der Waals surface area contributed by atoms with Gasteiger partial charge in [-0.3, -0.25) is 4.79 Å². The number of phenols is 1. The van der Waals surface area contributed by atoms with Crippen molar-refractivity contribution in [2.75, 3.05) is 6.54 Å². The molecule has 0 bridgehead atoms.